The highest BCUT2D eigenvalue weighted by Gasteiger charge is 2.17. The molecular weight excluding hydrogens is 242 g/mol. The molecule has 0 saturated carbocycles. The topological polar surface area (TPSA) is 67.6 Å². The van der Waals surface area contributed by atoms with Crippen LogP contribution < -0.4 is 15.8 Å². The summed E-state index contributed by atoms with van der Waals surface area (Å²) >= 11 is 0. The van der Waals surface area contributed by atoms with Gasteiger partial charge in [-0.2, -0.15) is 0 Å². The fraction of sp³-hybridized carbons (Fsp3) is 0.500. The van der Waals surface area contributed by atoms with Crippen LogP contribution in [0.25, 0.3) is 0 Å². The minimum atomic E-state index is 0.00215. The lowest BCUT2D eigenvalue weighted by atomic mass is 10.1. The van der Waals surface area contributed by atoms with Crippen LogP contribution in [0, 0.1) is 0 Å². The Labute approximate surface area is 114 Å². The SMILES string of the molecule is CNC(=O)CC(CN)N(C)Cc1ccccc1OC. The van der Waals surface area contributed by atoms with Gasteiger partial charge >= 0.3 is 0 Å². The van der Waals surface area contributed by atoms with Gasteiger partial charge in [-0.25, -0.2) is 0 Å². The number of amides is 1. The van der Waals surface area contributed by atoms with E-state index < -0.39 is 0 Å². The average molecular weight is 265 g/mol. The fourth-order valence-corrected chi connectivity index (χ4v) is 1.97. The summed E-state index contributed by atoms with van der Waals surface area (Å²) in [5.41, 5.74) is 6.83. The van der Waals surface area contributed by atoms with Gasteiger partial charge in [0.05, 0.1) is 7.11 Å². The lowest BCUT2D eigenvalue weighted by Gasteiger charge is -2.27. The van der Waals surface area contributed by atoms with E-state index in [-0.39, 0.29) is 11.9 Å². The molecule has 0 aliphatic carbocycles. The Hall–Kier alpha value is -1.59. The summed E-state index contributed by atoms with van der Waals surface area (Å²) in [6.07, 6.45) is 0.401. The van der Waals surface area contributed by atoms with Crippen molar-refractivity contribution in [1.82, 2.24) is 10.2 Å². The highest BCUT2D eigenvalue weighted by atomic mass is 16.5. The molecule has 1 unspecified atom stereocenters. The summed E-state index contributed by atoms with van der Waals surface area (Å²) in [6.45, 7) is 1.14. The Morgan fingerprint density at radius 2 is 2.16 bits per heavy atom. The summed E-state index contributed by atoms with van der Waals surface area (Å²) in [5, 5.41) is 2.63. The predicted molar refractivity (Wildman–Crippen MR) is 76.0 cm³/mol. The number of nitrogens with two attached hydrogens (primary N) is 1. The lowest BCUT2D eigenvalue weighted by molar-refractivity contribution is -0.121. The largest absolute Gasteiger partial charge is 0.496 e. The van der Waals surface area contributed by atoms with Crippen molar-refractivity contribution in [3.05, 3.63) is 29.8 Å². The monoisotopic (exact) mass is 265 g/mol. The summed E-state index contributed by atoms with van der Waals surface area (Å²) < 4.78 is 5.32. The van der Waals surface area contributed by atoms with Crippen LogP contribution in [0.1, 0.15) is 12.0 Å². The molecule has 0 aliphatic rings. The van der Waals surface area contributed by atoms with E-state index in [0.29, 0.717) is 19.5 Å². The Balaban J connectivity index is 2.70. The van der Waals surface area contributed by atoms with Crippen LogP contribution in [0.2, 0.25) is 0 Å². The van der Waals surface area contributed by atoms with Crippen LogP contribution in [-0.2, 0) is 11.3 Å². The fourth-order valence-electron chi connectivity index (χ4n) is 1.97. The summed E-state index contributed by atoms with van der Waals surface area (Å²) in [5.74, 6) is 0.854. The van der Waals surface area contributed by atoms with E-state index in [9.17, 15) is 4.79 Å². The molecule has 3 N–H and O–H groups in total. The van der Waals surface area contributed by atoms with Crippen LogP contribution in [0.15, 0.2) is 24.3 Å². The maximum absolute atomic E-state index is 11.4. The number of carbonyl (C=O) groups is 1. The number of para-hydroxylation sites is 1. The summed E-state index contributed by atoms with van der Waals surface area (Å²) in [7, 11) is 5.26. The molecule has 5 nitrogen and oxygen atoms in total. The van der Waals surface area contributed by atoms with E-state index in [1.807, 2.05) is 31.3 Å². The van der Waals surface area contributed by atoms with Gasteiger partial charge < -0.3 is 15.8 Å². The van der Waals surface area contributed by atoms with Gasteiger partial charge in [0.25, 0.3) is 0 Å². The van der Waals surface area contributed by atoms with Gasteiger partial charge in [-0.05, 0) is 13.1 Å². The third-order valence-corrected chi connectivity index (χ3v) is 3.21. The van der Waals surface area contributed by atoms with Crippen molar-refractivity contribution in [2.45, 2.75) is 19.0 Å². The quantitative estimate of drug-likeness (QED) is 0.757. The zero-order chi connectivity index (χ0) is 14.3. The van der Waals surface area contributed by atoms with E-state index in [1.165, 1.54) is 0 Å². The number of methoxy groups -OCH3 is 1. The lowest BCUT2D eigenvalue weighted by Crippen LogP contribution is -2.41. The number of nitrogens with one attached hydrogen (secondary N) is 1. The number of likely N-dealkylation sites (N-methyl/N-ethyl adjacent to an activating group) is 1. The molecule has 106 valence electrons. The van der Waals surface area contributed by atoms with Gasteiger partial charge in [-0.15, -0.1) is 0 Å². The molecule has 0 spiro atoms. The number of hydrogen-bond acceptors (Lipinski definition) is 4. The molecule has 0 saturated heterocycles. The van der Waals surface area contributed by atoms with Crippen LogP contribution in [0.5, 0.6) is 5.75 Å². The van der Waals surface area contributed by atoms with Gasteiger partial charge in [0.1, 0.15) is 5.75 Å². The number of nitrogens with zero attached hydrogens (tertiary/aromatic N) is 1. The molecule has 0 aliphatic heterocycles. The number of hydrogen-bond donors (Lipinski definition) is 2. The van der Waals surface area contributed by atoms with E-state index in [0.717, 1.165) is 11.3 Å². The third-order valence-electron chi connectivity index (χ3n) is 3.21. The summed E-state index contributed by atoms with van der Waals surface area (Å²) in [6, 6.07) is 7.88. The molecule has 0 heterocycles. The first kappa shape index (κ1) is 15.5. The minimum absolute atomic E-state index is 0.00215. The van der Waals surface area contributed by atoms with E-state index in [2.05, 4.69) is 10.2 Å². The average Bonchev–Trinajstić information content (AvgIpc) is 2.44. The zero-order valence-electron chi connectivity index (χ0n) is 11.8. The Morgan fingerprint density at radius 1 is 1.47 bits per heavy atom. The van der Waals surface area contributed by atoms with Crippen molar-refractivity contribution >= 4 is 5.91 Å². The first-order valence-electron chi connectivity index (χ1n) is 6.35. The molecule has 0 aromatic heterocycles. The number of ether oxygens (including phenoxy) is 1. The van der Waals surface area contributed by atoms with Crippen molar-refractivity contribution in [2.75, 3.05) is 27.7 Å². The van der Waals surface area contributed by atoms with Crippen molar-refractivity contribution in [1.29, 1.82) is 0 Å². The first-order chi connectivity index (χ1) is 9.12. The second kappa shape index (κ2) is 7.76. The van der Waals surface area contributed by atoms with E-state index >= 15 is 0 Å². The van der Waals surface area contributed by atoms with Gasteiger partial charge in [0, 0.05) is 38.2 Å². The Bertz CT molecular complexity index is 409. The molecule has 19 heavy (non-hydrogen) atoms. The van der Waals surface area contributed by atoms with Gasteiger partial charge in [-0.1, -0.05) is 18.2 Å². The molecule has 0 fully saturated rings. The molecule has 1 amide bonds. The molecule has 1 rings (SSSR count). The highest BCUT2D eigenvalue weighted by molar-refractivity contribution is 5.76. The molecular formula is C14H23N3O2. The first-order valence-corrected chi connectivity index (χ1v) is 6.35. The van der Waals surface area contributed by atoms with Crippen LogP contribution >= 0.6 is 0 Å². The number of benzene rings is 1. The normalized spacial score (nSPS) is 12.3. The second-order valence-electron chi connectivity index (χ2n) is 4.49. The van der Waals surface area contributed by atoms with Crippen molar-refractivity contribution < 1.29 is 9.53 Å². The number of carbonyl (C=O) groups excluding carboxylic acids is 1. The van der Waals surface area contributed by atoms with Crippen molar-refractivity contribution in [3.8, 4) is 5.75 Å². The number of rotatable bonds is 7. The second-order valence-corrected chi connectivity index (χ2v) is 4.49. The maximum Gasteiger partial charge on any atom is 0.221 e. The van der Waals surface area contributed by atoms with Gasteiger partial charge in [0.2, 0.25) is 5.91 Å². The molecule has 1 atom stereocenters. The predicted octanol–water partition coefficient (Wildman–Crippen LogP) is 0.590. The molecule has 5 heteroatoms. The molecule has 0 radical (unpaired) electrons. The van der Waals surface area contributed by atoms with Crippen LogP contribution in [0.3, 0.4) is 0 Å². The van der Waals surface area contributed by atoms with Crippen LogP contribution in [-0.4, -0.2) is 44.6 Å². The standard InChI is InChI=1S/C14H23N3O2/c1-16-14(18)8-12(9-15)17(2)10-11-6-4-5-7-13(11)19-3/h4-7,12H,8-10,15H2,1-3H3,(H,16,18). The van der Waals surface area contributed by atoms with Crippen LogP contribution in [0.4, 0.5) is 0 Å². The third kappa shape index (κ3) is 4.54. The van der Waals surface area contributed by atoms with Crippen molar-refractivity contribution in [3.63, 3.8) is 0 Å². The molecule has 1 aromatic carbocycles. The maximum atomic E-state index is 11.4. The summed E-state index contributed by atoms with van der Waals surface area (Å²) in [4.78, 5) is 13.5. The zero-order valence-corrected chi connectivity index (χ0v) is 11.8. The minimum Gasteiger partial charge on any atom is -0.496 e. The van der Waals surface area contributed by atoms with E-state index in [4.69, 9.17) is 10.5 Å². The highest BCUT2D eigenvalue weighted by Crippen LogP contribution is 2.19. The Kier molecular flexibility index (Phi) is 6.32. The van der Waals surface area contributed by atoms with Gasteiger partial charge in [0.15, 0.2) is 0 Å². The molecule has 1 aromatic rings. The Morgan fingerprint density at radius 3 is 2.74 bits per heavy atom. The van der Waals surface area contributed by atoms with Crippen molar-refractivity contribution in [2.24, 2.45) is 5.73 Å². The smallest absolute Gasteiger partial charge is 0.221 e. The molecule has 0 bridgehead atoms. The van der Waals surface area contributed by atoms with Gasteiger partial charge in [-0.3, -0.25) is 9.69 Å². The van der Waals surface area contributed by atoms with E-state index in [1.54, 1.807) is 14.2 Å².